The second kappa shape index (κ2) is 5.81. The summed E-state index contributed by atoms with van der Waals surface area (Å²) in [5.74, 6) is 0. The molecule has 3 rings (SSSR count). The van der Waals surface area contributed by atoms with Gasteiger partial charge in [-0.25, -0.2) is 0 Å². The fourth-order valence-electron chi connectivity index (χ4n) is 3.57. The Morgan fingerprint density at radius 2 is 2.00 bits per heavy atom. The van der Waals surface area contributed by atoms with E-state index in [1.54, 1.807) is 13.0 Å². The quantitative estimate of drug-likeness (QED) is 0.882. The molecule has 0 radical (unpaired) electrons. The number of aromatic nitrogens is 1. The molecule has 2 aromatic rings. The zero-order chi connectivity index (χ0) is 17.6. The van der Waals surface area contributed by atoms with Crippen molar-refractivity contribution in [2.75, 3.05) is 4.90 Å². The zero-order valence-corrected chi connectivity index (χ0v) is 13.4. The van der Waals surface area contributed by atoms with E-state index in [2.05, 4.69) is 4.98 Å². The number of halogens is 3. The van der Waals surface area contributed by atoms with E-state index in [1.807, 2.05) is 11.8 Å². The van der Waals surface area contributed by atoms with Gasteiger partial charge in [-0.15, -0.1) is 0 Å². The van der Waals surface area contributed by atoms with Gasteiger partial charge in [0.1, 0.15) is 0 Å². The van der Waals surface area contributed by atoms with Crippen LogP contribution in [-0.2, 0) is 6.18 Å². The lowest BCUT2D eigenvalue weighted by molar-refractivity contribution is -0.136. The summed E-state index contributed by atoms with van der Waals surface area (Å²) in [6.07, 6.45) is -3.53. The fraction of sp³-hybridized carbons (Fsp3) is 0.471. The number of aliphatic hydroxyl groups excluding tert-OH is 1. The summed E-state index contributed by atoms with van der Waals surface area (Å²) in [7, 11) is 0. The highest BCUT2D eigenvalue weighted by atomic mass is 19.4. The third-order valence-electron chi connectivity index (χ3n) is 4.70. The Bertz CT molecular complexity index is 814. The average molecular weight is 340 g/mol. The lowest BCUT2D eigenvalue weighted by atomic mass is 10.1. The first kappa shape index (κ1) is 16.8. The average Bonchev–Trinajstić information content (AvgIpc) is 2.87. The second-order valence-electron chi connectivity index (χ2n) is 6.42. The van der Waals surface area contributed by atoms with Gasteiger partial charge in [0.2, 0.25) is 5.56 Å². The van der Waals surface area contributed by atoms with E-state index in [0.717, 1.165) is 12.8 Å². The summed E-state index contributed by atoms with van der Waals surface area (Å²) in [5, 5.41) is 9.93. The standard InChI is InChI=1S/C17H19F3N2O2/c1-9-3-6-15(10(2)23)22(9)11-4-5-14-12(7-11)13(17(18,19)20)8-16(24)21-14/h4-5,7-10,15,23H,3,6H2,1-2H3,(H,21,24)/t9-,10-,15?/m1/s1. The van der Waals surface area contributed by atoms with Crippen LogP contribution in [0.25, 0.3) is 10.9 Å². The first-order chi connectivity index (χ1) is 11.2. The highest BCUT2D eigenvalue weighted by Crippen LogP contribution is 2.37. The molecule has 3 atom stereocenters. The summed E-state index contributed by atoms with van der Waals surface area (Å²) >= 11 is 0. The van der Waals surface area contributed by atoms with Crippen molar-refractivity contribution in [2.45, 2.75) is 51.1 Å². The summed E-state index contributed by atoms with van der Waals surface area (Å²) in [5.41, 5.74) is -0.947. The molecule has 2 N–H and O–H groups in total. The minimum Gasteiger partial charge on any atom is -0.391 e. The number of rotatable bonds is 2. The van der Waals surface area contributed by atoms with Crippen LogP contribution in [0, 0.1) is 0 Å². The van der Waals surface area contributed by atoms with Crippen molar-refractivity contribution in [3.05, 3.63) is 40.2 Å². The van der Waals surface area contributed by atoms with E-state index in [4.69, 9.17) is 0 Å². The molecule has 24 heavy (non-hydrogen) atoms. The molecule has 130 valence electrons. The number of nitrogens with zero attached hydrogens (tertiary/aromatic N) is 1. The van der Waals surface area contributed by atoms with Gasteiger partial charge in [0.15, 0.2) is 0 Å². The molecule has 0 amide bonds. The van der Waals surface area contributed by atoms with Crippen LogP contribution in [0.1, 0.15) is 32.3 Å². The SMILES string of the molecule is C[C@@H]1CCC([C@@H](C)O)N1c1ccc2[nH]c(=O)cc(C(F)(F)F)c2c1. The summed E-state index contributed by atoms with van der Waals surface area (Å²) < 4.78 is 39.8. The Morgan fingerprint density at radius 1 is 1.29 bits per heavy atom. The van der Waals surface area contributed by atoms with Crippen LogP contribution in [0.15, 0.2) is 29.1 Å². The molecule has 4 nitrogen and oxygen atoms in total. The van der Waals surface area contributed by atoms with Gasteiger partial charge in [0.25, 0.3) is 0 Å². The molecule has 1 fully saturated rings. The Morgan fingerprint density at radius 3 is 2.62 bits per heavy atom. The molecular formula is C17H19F3N2O2. The lowest BCUT2D eigenvalue weighted by Gasteiger charge is -2.33. The van der Waals surface area contributed by atoms with Crippen LogP contribution in [0.3, 0.4) is 0 Å². The number of aliphatic hydroxyl groups is 1. The number of fused-ring (bicyclic) bond motifs is 1. The number of pyridine rings is 1. The minimum absolute atomic E-state index is 0.0388. The van der Waals surface area contributed by atoms with E-state index in [-0.39, 0.29) is 23.0 Å². The molecular weight excluding hydrogens is 321 g/mol. The van der Waals surface area contributed by atoms with Gasteiger partial charge in [-0.05, 0) is 44.9 Å². The Kier molecular flexibility index (Phi) is 4.07. The predicted octanol–water partition coefficient (Wildman–Crippen LogP) is 3.29. The summed E-state index contributed by atoms with van der Waals surface area (Å²) in [4.78, 5) is 15.9. The molecule has 1 saturated heterocycles. The maximum absolute atomic E-state index is 13.3. The Hall–Kier alpha value is -2.02. The Labute approximate surface area is 136 Å². The highest BCUT2D eigenvalue weighted by molar-refractivity contribution is 5.86. The zero-order valence-electron chi connectivity index (χ0n) is 13.4. The molecule has 2 heterocycles. The molecule has 0 spiro atoms. The number of nitrogens with one attached hydrogen (secondary N) is 1. The number of H-pyrrole nitrogens is 1. The maximum Gasteiger partial charge on any atom is 0.417 e. The monoisotopic (exact) mass is 340 g/mol. The van der Waals surface area contributed by atoms with E-state index in [0.29, 0.717) is 11.8 Å². The number of aromatic amines is 1. The molecule has 1 aliphatic heterocycles. The van der Waals surface area contributed by atoms with Crippen LogP contribution in [0.5, 0.6) is 0 Å². The number of alkyl halides is 3. The number of benzene rings is 1. The molecule has 1 aromatic carbocycles. The summed E-state index contributed by atoms with van der Waals surface area (Å²) in [6.45, 7) is 3.68. The molecule has 0 aliphatic carbocycles. The van der Waals surface area contributed by atoms with Gasteiger partial charge in [0, 0.05) is 28.7 Å². The van der Waals surface area contributed by atoms with Gasteiger partial charge >= 0.3 is 6.18 Å². The van der Waals surface area contributed by atoms with Crippen molar-refractivity contribution < 1.29 is 18.3 Å². The Balaban J connectivity index is 2.18. The molecule has 0 saturated carbocycles. The number of anilines is 1. The van der Waals surface area contributed by atoms with Gasteiger partial charge in [0.05, 0.1) is 17.7 Å². The van der Waals surface area contributed by atoms with E-state index < -0.39 is 23.4 Å². The van der Waals surface area contributed by atoms with Gasteiger partial charge < -0.3 is 15.0 Å². The van der Waals surface area contributed by atoms with E-state index in [1.165, 1.54) is 12.1 Å². The third kappa shape index (κ3) is 2.88. The largest absolute Gasteiger partial charge is 0.417 e. The number of hydrogen-bond acceptors (Lipinski definition) is 3. The second-order valence-corrected chi connectivity index (χ2v) is 6.42. The molecule has 0 bridgehead atoms. The molecule has 7 heteroatoms. The maximum atomic E-state index is 13.3. The predicted molar refractivity (Wildman–Crippen MR) is 86.2 cm³/mol. The van der Waals surface area contributed by atoms with E-state index in [9.17, 15) is 23.1 Å². The molecule has 1 aromatic heterocycles. The van der Waals surface area contributed by atoms with Crippen LogP contribution < -0.4 is 10.5 Å². The first-order valence-electron chi connectivity index (χ1n) is 7.89. The van der Waals surface area contributed by atoms with Gasteiger partial charge in [-0.3, -0.25) is 4.79 Å². The van der Waals surface area contributed by atoms with Crippen molar-refractivity contribution in [3.63, 3.8) is 0 Å². The van der Waals surface area contributed by atoms with Crippen LogP contribution >= 0.6 is 0 Å². The van der Waals surface area contributed by atoms with Crippen LogP contribution in [0.2, 0.25) is 0 Å². The normalized spacial score (nSPS) is 23.0. The van der Waals surface area contributed by atoms with Crippen LogP contribution in [-0.4, -0.2) is 28.3 Å². The topological polar surface area (TPSA) is 56.3 Å². The van der Waals surface area contributed by atoms with Crippen molar-refractivity contribution in [2.24, 2.45) is 0 Å². The smallest absolute Gasteiger partial charge is 0.391 e. The minimum atomic E-state index is -4.61. The van der Waals surface area contributed by atoms with Crippen molar-refractivity contribution in [3.8, 4) is 0 Å². The lowest BCUT2D eigenvalue weighted by Crippen LogP contribution is -2.41. The summed E-state index contributed by atoms with van der Waals surface area (Å²) in [6, 6.07) is 5.21. The van der Waals surface area contributed by atoms with Crippen LogP contribution in [0.4, 0.5) is 18.9 Å². The van der Waals surface area contributed by atoms with Crippen molar-refractivity contribution >= 4 is 16.6 Å². The van der Waals surface area contributed by atoms with Gasteiger partial charge in [-0.1, -0.05) is 0 Å². The van der Waals surface area contributed by atoms with Crippen molar-refractivity contribution in [1.29, 1.82) is 0 Å². The first-order valence-corrected chi connectivity index (χ1v) is 7.89. The van der Waals surface area contributed by atoms with Crippen molar-refractivity contribution in [1.82, 2.24) is 4.98 Å². The molecule has 1 aliphatic rings. The van der Waals surface area contributed by atoms with E-state index >= 15 is 0 Å². The number of hydrogen-bond donors (Lipinski definition) is 2. The fourth-order valence-corrected chi connectivity index (χ4v) is 3.57. The third-order valence-corrected chi connectivity index (χ3v) is 4.70. The molecule has 1 unspecified atom stereocenters. The highest BCUT2D eigenvalue weighted by Gasteiger charge is 2.36. The van der Waals surface area contributed by atoms with Gasteiger partial charge in [-0.2, -0.15) is 13.2 Å².